The van der Waals surface area contributed by atoms with Gasteiger partial charge in [-0.25, -0.2) is 4.79 Å². The lowest BCUT2D eigenvalue weighted by atomic mass is 10.3. The molecule has 0 heterocycles. The topological polar surface area (TPSA) is 84.8 Å². The highest BCUT2D eigenvalue weighted by atomic mass is 16.3. The molecular formula is C14H23N3O3. The van der Waals surface area contributed by atoms with Crippen molar-refractivity contribution < 1.29 is 15.0 Å². The Morgan fingerprint density at radius 2 is 2.00 bits per heavy atom. The van der Waals surface area contributed by atoms with Gasteiger partial charge in [-0.05, 0) is 18.6 Å². The molecule has 4 N–H and O–H groups in total. The molecule has 0 aromatic heterocycles. The van der Waals surface area contributed by atoms with Crippen LogP contribution in [0.3, 0.4) is 0 Å². The third kappa shape index (κ3) is 6.40. The van der Waals surface area contributed by atoms with Gasteiger partial charge in [-0.3, -0.25) is 0 Å². The predicted octanol–water partition coefficient (Wildman–Crippen LogP) is 0.165. The van der Waals surface area contributed by atoms with Crippen molar-refractivity contribution in [2.24, 2.45) is 0 Å². The predicted molar refractivity (Wildman–Crippen MR) is 78.8 cm³/mol. The minimum Gasteiger partial charge on any atom is -0.394 e. The van der Waals surface area contributed by atoms with Gasteiger partial charge in [0.2, 0.25) is 0 Å². The van der Waals surface area contributed by atoms with Crippen molar-refractivity contribution in [2.45, 2.75) is 12.5 Å². The first-order valence-corrected chi connectivity index (χ1v) is 6.70. The molecule has 0 saturated carbocycles. The maximum absolute atomic E-state index is 11.3. The molecule has 0 aliphatic carbocycles. The highest BCUT2D eigenvalue weighted by Crippen LogP contribution is 2.10. The number of urea groups is 1. The van der Waals surface area contributed by atoms with E-state index in [0.29, 0.717) is 6.54 Å². The zero-order valence-corrected chi connectivity index (χ0v) is 11.7. The molecule has 6 heteroatoms. The number of amides is 2. The van der Waals surface area contributed by atoms with Crippen molar-refractivity contribution in [3.8, 4) is 0 Å². The second kappa shape index (κ2) is 9.17. The molecule has 0 aliphatic rings. The molecular weight excluding hydrogens is 258 g/mol. The van der Waals surface area contributed by atoms with E-state index in [9.17, 15) is 4.79 Å². The Hall–Kier alpha value is -1.79. The van der Waals surface area contributed by atoms with Gasteiger partial charge in [0.25, 0.3) is 0 Å². The summed E-state index contributed by atoms with van der Waals surface area (Å²) in [4.78, 5) is 13.5. The third-order valence-corrected chi connectivity index (χ3v) is 2.86. The smallest absolute Gasteiger partial charge is 0.314 e. The molecule has 1 aromatic carbocycles. The van der Waals surface area contributed by atoms with Crippen LogP contribution in [0, 0.1) is 0 Å². The van der Waals surface area contributed by atoms with Crippen LogP contribution >= 0.6 is 0 Å². The Morgan fingerprint density at radius 3 is 2.65 bits per heavy atom. The number of aliphatic hydroxyl groups excluding tert-OH is 2. The van der Waals surface area contributed by atoms with E-state index in [2.05, 4.69) is 15.5 Å². The molecule has 1 rings (SSSR count). The second-order valence-corrected chi connectivity index (χ2v) is 4.58. The summed E-state index contributed by atoms with van der Waals surface area (Å²) in [5.74, 6) is 0. The number of anilines is 1. The molecule has 1 unspecified atom stereocenters. The Kier molecular flexibility index (Phi) is 7.46. The summed E-state index contributed by atoms with van der Waals surface area (Å²) in [7, 11) is 2.01. The van der Waals surface area contributed by atoms with Gasteiger partial charge in [0.1, 0.15) is 0 Å². The van der Waals surface area contributed by atoms with Crippen molar-refractivity contribution in [3.05, 3.63) is 30.3 Å². The van der Waals surface area contributed by atoms with Crippen LogP contribution in [0.25, 0.3) is 0 Å². The normalized spacial score (nSPS) is 11.8. The highest BCUT2D eigenvalue weighted by molar-refractivity contribution is 5.73. The van der Waals surface area contributed by atoms with Gasteiger partial charge < -0.3 is 25.7 Å². The lowest BCUT2D eigenvalue weighted by molar-refractivity contribution is 0.0959. The number of hydrogen-bond acceptors (Lipinski definition) is 4. The minimum absolute atomic E-state index is 0.0479. The lowest BCUT2D eigenvalue weighted by Gasteiger charge is -2.19. The molecule has 112 valence electrons. The summed E-state index contributed by atoms with van der Waals surface area (Å²) in [5.41, 5.74) is 1.14. The number of benzene rings is 1. The first kappa shape index (κ1) is 16.3. The number of carbonyl (C=O) groups is 1. The maximum atomic E-state index is 11.3. The SMILES string of the molecule is CN(CCCNC(=O)NCC(O)CO)c1ccccc1. The number of nitrogens with one attached hydrogen (secondary N) is 2. The van der Waals surface area contributed by atoms with Gasteiger partial charge in [0, 0.05) is 32.4 Å². The molecule has 0 fully saturated rings. The van der Waals surface area contributed by atoms with E-state index in [1.54, 1.807) is 0 Å². The van der Waals surface area contributed by atoms with E-state index in [1.165, 1.54) is 0 Å². The van der Waals surface area contributed by atoms with Crippen LogP contribution in [0.5, 0.6) is 0 Å². The van der Waals surface area contributed by atoms with E-state index in [0.717, 1.165) is 18.7 Å². The van der Waals surface area contributed by atoms with E-state index in [-0.39, 0.29) is 19.2 Å². The van der Waals surface area contributed by atoms with Crippen LogP contribution in [0.2, 0.25) is 0 Å². The first-order chi connectivity index (χ1) is 9.63. The number of hydrogen-bond donors (Lipinski definition) is 4. The first-order valence-electron chi connectivity index (χ1n) is 6.70. The van der Waals surface area contributed by atoms with Crippen LogP contribution in [0.15, 0.2) is 30.3 Å². The van der Waals surface area contributed by atoms with Crippen molar-refractivity contribution >= 4 is 11.7 Å². The van der Waals surface area contributed by atoms with Crippen molar-refractivity contribution in [2.75, 3.05) is 38.2 Å². The van der Waals surface area contributed by atoms with E-state index in [4.69, 9.17) is 10.2 Å². The summed E-state index contributed by atoms with van der Waals surface area (Å²) in [5, 5.41) is 22.9. The Labute approximate surface area is 119 Å². The van der Waals surface area contributed by atoms with Gasteiger partial charge in [0.15, 0.2) is 0 Å². The van der Waals surface area contributed by atoms with Crippen LogP contribution < -0.4 is 15.5 Å². The van der Waals surface area contributed by atoms with Gasteiger partial charge in [0.05, 0.1) is 12.7 Å². The molecule has 1 atom stereocenters. The number of nitrogens with zero attached hydrogens (tertiary/aromatic N) is 1. The van der Waals surface area contributed by atoms with Gasteiger partial charge in [-0.15, -0.1) is 0 Å². The van der Waals surface area contributed by atoms with E-state index < -0.39 is 6.10 Å². The summed E-state index contributed by atoms with van der Waals surface area (Å²) >= 11 is 0. The van der Waals surface area contributed by atoms with Gasteiger partial charge in [-0.1, -0.05) is 18.2 Å². The Balaban J connectivity index is 2.11. The molecule has 0 bridgehead atoms. The fraction of sp³-hybridized carbons (Fsp3) is 0.500. The van der Waals surface area contributed by atoms with Crippen molar-refractivity contribution in [1.29, 1.82) is 0 Å². The second-order valence-electron chi connectivity index (χ2n) is 4.58. The van der Waals surface area contributed by atoms with Crippen LogP contribution in [0.1, 0.15) is 6.42 Å². The zero-order valence-electron chi connectivity index (χ0n) is 11.7. The molecule has 6 nitrogen and oxygen atoms in total. The Bertz CT molecular complexity index is 387. The molecule has 1 aromatic rings. The van der Waals surface area contributed by atoms with Crippen LogP contribution in [-0.2, 0) is 0 Å². The minimum atomic E-state index is -0.912. The fourth-order valence-corrected chi connectivity index (χ4v) is 1.67. The van der Waals surface area contributed by atoms with Crippen LogP contribution in [-0.4, -0.2) is 55.6 Å². The molecule has 0 aliphatic heterocycles. The largest absolute Gasteiger partial charge is 0.394 e. The maximum Gasteiger partial charge on any atom is 0.314 e. The third-order valence-electron chi connectivity index (χ3n) is 2.86. The van der Waals surface area contributed by atoms with Crippen molar-refractivity contribution in [3.63, 3.8) is 0 Å². The number of rotatable bonds is 8. The lowest BCUT2D eigenvalue weighted by Crippen LogP contribution is -2.41. The number of para-hydroxylation sites is 1. The fourth-order valence-electron chi connectivity index (χ4n) is 1.67. The monoisotopic (exact) mass is 281 g/mol. The quantitative estimate of drug-likeness (QED) is 0.512. The highest BCUT2D eigenvalue weighted by Gasteiger charge is 2.05. The van der Waals surface area contributed by atoms with Crippen LogP contribution in [0.4, 0.5) is 10.5 Å². The zero-order chi connectivity index (χ0) is 14.8. The average Bonchev–Trinajstić information content (AvgIpc) is 2.49. The molecule has 0 saturated heterocycles. The number of carbonyl (C=O) groups excluding carboxylic acids is 1. The molecule has 0 radical (unpaired) electrons. The summed E-state index contributed by atoms with van der Waals surface area (Å²) in [6, 6.07) is 9.70. The molecule has 2 amide bonds. The number of aliphatic hydroxyl groups is 2. The summed E-state index contributed by atoms with van der Waals surface area (Å²) < 4.78 is 0. The molecule has 0 spiro atoms. The van der Waals surface area contributed by atoms with E-state index >= 15 is 0 Å². The standard InChI is InChI=1S/C14H23N3O3/c1-17(12-6-3-2-4-7-12)9-5-8-15-14(20)16-10-13(19)11-18/h2-4,6-7,13,18-19H,5,8-11H2,1H3,(H2,15,16,20). The van der Waals surface area contributed by atoms with Gasteiger partial charge in [-0.2, -0.15) is 0 Å². The Morgan fingerprint density at radius 1 is 1.30 bits per heavy atom. The molecule has 20 heavy (non-hydrogen) atoms. The van der Waals surface area contributed by atoms with Crippen molar-refractivity contribution in [1.82, 2.24) is 10.6 Å². The summed E-state index contributed by atoms with van der Waals surface area (Å²) in [6.45, 7) is 1.08. The van der Waals surface area contributed by atoms with E-state index in [1.807, 2.05) is 37.4 Å². The average molecular weight is 281 g/mol. The summed E-state index contributed by atoms with van der Waals surface area (Å²) in [6.07, 6.45) is -0.0913. The van der Waals surface area contributed by atoms with Gasteiger partial charge >= 0.3 is 6.03 Å².